The van der Waals surface area contributed by atoms with Crippen LogP contribution < -0.4 is 0 Å². The van der Waals surface area contributed by atoms with Gasteiger partial charge in [-0.15, -0.1) is 0 Å². The molecule has 0 amide bonds. The van der Waals surface area contributed by atoms with Crippen molar-refractivity contribution in [3.05, 3.63) is 0 Å². The van der Waals surface area contributed by atoms with Gasteiger partial charge in [-0.05, 0) is 114 Å². The van der Waals surface area contributed by atoms with E-state index in [9.17, 15) is 0 Å². The maximum absolute atomic E-state index is 2.81. The highest BCUT2D eigenvalue weighted by atomic mass is 14.9. The average molecular weight is 413 g/mol. The van der Waals surface area contributed by atoms with Crippen LogP contribution in [-0.4, -0.2) is 0 Å². The number of fused-ring (bicyclic) bond motifs is 2. The van der Waals surface area contributed by atoms with Crippen molar-refractivity contribution >= 4 is 0 Å². The van der Waals surface area contributed by atoms with Gasteiger partial charge in [0.1, 0.15) is 0 Å². The second-order valence-corrected chi connectivity index (χ2v) is 14.8. The molecule has 0 aromatic rings. The van der Waals surface area contributed by atoms with E-state index in [-0.39, 0.29) is 0 Å². The number of hydrogen-bond donors (Lipinski definition) is 0. The van der Waals surface area contributed by atoms with Gasteiger partial charge in [0, 0.05) is 0 Å². The van der Waals surface area contributed by atoms with Crippen molar-refractivity contribution in [2.45, 2.75) is 132 Å². The first-order valence-corrected chi connectivity index (χ1v) is 14.0. The van der Waals surface area contributed by atoms with Crippen molar-refractivity contribution in [1.82, 2.24) is 0 Å². The third-order valence-electron chi connectivity index (χ3n) is 13.0. The van der Waals surface area contributed by atoms with E-state index in [4.69, 9.17) is 0 Å². The number of hydrogen-bond acceptors (Lipinski definition) is 0. The fourth-order valence-corrected chi connectivity index (χ4v) is 11.4. The molecule has 0 aromatic carbocycles. The molecule has 5 aliphatic carbocycles. The summed E-state index contributed by atoms with van der Waals surface area (Å²) < 4.78 is 0. The van der Waals surface area contributed by atoms with Crippen molar-refractivity contribution in [3.8, 4) is 0 Å². The van der Waals surface area contributed by atoms with Gasteiger partial charge < -0.3 is 0 Å². The summed E-state index contributed by atoms with van der Waals surface area (Å²) in [4.78, 5) is 0. The summed E-state index contributed by atoms with van der Waals surface area (Å²) in [5, 5.41) is 0. The van der Waals surface area contributed by atoms with Crippen LogP contribution in [0, 0.1) is 56.7 Å². The zero-order valence-corrected chi connectivity index (χ0v) is 21.6. The van der Waals surface area contributed by atoms with Crippen LogP contribution in [0.5, 0.6) is 0 Å². The quantitative estimate of drug-likeness (QED) is 0.422. The van der Waals surface area contributed by atoms with Crippen molar-refractivity contribution in [1.29, 1.82) is 0 Å². The van der Waals surface area contributed by atoms with Crippen LogP contribution in [-0.2, 0) is 0 Å². The highest BCUT2D eigenvalue weighted by Gasteiger charge is 2.81. The molecular weight excluding hydrogens is 360 g/mol. The first kappa shape index (κ1) is 21.8. The molecule has 0 N–H and O–H groups in total. The predicted molar refractivity (Wildman–Crippen MR) is 129 cm³/mol. The van der Waals surface area contributed by atoms with Gasteiger partial charge in [-0.1, -0.05) is 74.1 Å². The van der Waals surface area contributed by atoms with E-state index in [1.54, 1.807) is 44.9 Å². The lowest BCUT2D eigenvalue weighted by Crippen LogP contribution is -2.56. The molecule has 30 heavy (non-hydrogen) atoms. The normalized spacial score (nSPS) is 52.2. The summed E-state index contributed by atoms with van der Waals surface area (Å²) >= 11 is 0. The maximum atomic E-state index is 2.81. The molecule has 1 unspecified atom stereocenters. The Labute approximate surface area is 188 Å². The molecule has 0 heteroatoms. The molecular formula is C30H52. The third kappa shape index (κ3) is 2.64. The summed E-state index contributed by atoms with van der Waals surface area (Å²) in [6.07, 6.45) is 19.9. The van der Waals surface area contributed by atoms with E-state index in [2.05, 4.69) is 48.5 Å². The Morgan fingerprint density at radius 3 is 2.13 bits per heavy atom. The lowest BCUT2D eigenvalue weighted by atomic mass is 9.42. The number of rotatable bonds is 5. The van der Waals surface area contributed by atoms with Crippen LogP contribution in [0.25, 0.3) is 0 Å². The summed E-state index contributed by atoms with van der Waals surface area (Å²) in [6.45, 7) is 18.3. The highest BCUT2D eigenvalue weighted by Crippen LogP contribution is 2.89. The molecule has 5 aliphatic rings. The van der Waals surface area contributed by atoms with Crippen LogP contribution in [0.2, 0.25) is 0 Å². The van der Waals surface area contributed by atoms with Crippen molar-refractivity contribution in [3.63, 3.8) is 0 Å². The summed E-state index contributed by atoms with van der Waals surface area (Å²) in [5.74, 6) is 4.87. The van der Waals surface area contributed by atoms with E-state index in [0.29, 0.717) is 16.2 Å². The minimum absolute atomic E-state index is 0.609. The molecule has 0 nitrogen and oxygen atoms in total. The molecule has 0 aromatic heterocycles. The van der Waals surface area contributed by atoms with Gasteiger partial charge in [0.25, 0.3) is 0 Å². The van der Waals surface area contributed by atoms with Crippen LogP contribution in [0.15, 0.2) is 0 Å². The fourth-order valence-electron chi connectivity index (χ4n) is 11.4. The molecule has 5 rings (SSSR count). The zero-order valence-electron chi connectivity index (χ0n) is 21.6. The second-order valence-electron chi connectivity index (χ2n) is 14.8. The monoisotopic (exact) mass is 412 g/mol. The van der Waals surface area contributed by atoms with Crippen molar-refractivity contribution < 1.29 is 0 Å². The van der Waals surface area contributed by atoms with Gasteiger partial charge in [0.15, 0.2) is 0 Å². The summed E-state index contributed by atoms with van der Waals surface area (Å²) in [6, 6.07) is 0. The Kier molecular flexibility index (Phi) is 4.92. The molecule has 0 aliphatic heterocycles. The van der Waals surface area contributed by atoms with Crippen LogP contribution >= 0.6 is 0 Å². The van der Waals surface area contributed by atoms with E-state index in [1.165, 1.54) is 38.5 Å². The van der Waals surface area contributed by atoms with Crippen molar-refractivity contribution in [2.75, 3.05) is 0 Å². The largest absolute Gasteiger partial charge is 0.0628 e. The Hall–Kier alpha value is 0. The molecule has 172 valence electrons. The predicted octanol–water partition coefficient (Wildman–Crippen LogP) is 9.28. The lowest BCUT2D eigenvalue weighted by molar-refractivity contribution is -0.142. The average Bonchev–Trinajstić information content (AvgIpc) is 3.23. The molecule has 5 saturated carbocycles. The molecule has 0 saturated heterocycles. The minimum atomic E-state index is 0.609. The molecule has 5 fully saturated rings. The van der Waals surface area contributed by atoms with Crippen molar-refractivity contribution in [2.24, 2.45) is 56.7 Å². The van der Waals surface area contributed by atoms with E-state index in [1.807, 2.05) is 0 Å². The first-order chi connectivity index (χ1) is 14.0. The highest BCUT2D eigenvalue weighted by molar-refractivity contribution is 5.30. The first-order valence-electron chi connectivity index (χ1n) is 14.0. The van der Waals surface area contributed by atoms with E-state index in [0.717, 1.165) is 40.4 Å². The third-order valence-corrected chi connectivity index (χ3v) is 13.0. The second kappa shape index (κ2) is 6.76. The Balaban J connectivity index is 1.39. The van der Waals surface area contributed by atoms with Gasteiger partial charge in [0.2, 0.25) is 0 Å². The summed E-state index contributed by atoms with van der Waals surface area (Å²) in [5.41, 5.74) is 3.37. The lowest BCUT2D eigenvalue weighted by Gasteiger charge is -2.63. The molecule has 0 bridgehead atoms. The van der Waals surface area contributed by atoms with E-state index >= 15 is 0 Å². The van der Waals surface area contributed by atoms with Crippen LogP contribution in [0.1, 0.15) is 132 Å². The van der Waals surface area contributed by atoms with Gasteiger partial charge in [-0.3, -0.25) is 0 Å². The smallest absolute Gasteiger partial charge is 0.0198 e. The zero-order chi connectivity index (χ0) is 21.6. The van der Waals surface area contributed by atoms with Crippen LogP contribution in [0.3, 0.4) is 0 Å². The molecule has 2 spiro atoms. The van der Waals surface area contributed by atoms with Crippen LogP contribution in [0.4, 0.5) is 0 Å². The van der Waals surface area contributed by atoms with Gasteiger partial charge >= 0.3 is 0 Å². The molecule has 0 heterocycles. The molecule has 0 radical (unpaired) electrons. The maximum Gasteiger partial charge on any atom is -0.0198 e. The Morgan fingerprint density at radius 1 is 0.700 bits per heavy atom. The Bertz CT molecular complexity index is 674. The SMILES string of the molecule is CC(C)CCC[C@@H](C)[C@H]1CC[C@]2(C)[C@@H]3CCC4C(C)(C)CCC[C@@]45C[C@]35CC[C@]12C. The van der Waals surface area contributed by atoms with Gasteiger partial charge in [-0.25, -0.2) is 0 Å². The fraction of sp³-hybridized carbons (Fsp3) is 1.00. The standard InChI is InChI=1S/C30H52/c1-21(2)10-8-11-22(3)23-14-17-28(7)25-13-12-24-26(4,5)15-9-16-29(24)20-30(25,29)19-18-27(23,28)6/h21-25H,8-20H2,1-7H3/t22-,23-,24?,25+,27-,28-,29-,30-/m1/s1. The topological polar surface area (TPSA) is 0 Å². The summed E-state index contributed by atoms with van der Waals surface area (Å²) in [7, 11) is 0. The van der Waals surface area contributed by atoms with E-state index < -0.39 is 0 Å². The van der Waals surface area contributed by atoms with Gasteiger partial charge in [-0.2, -0.15) is 0 Å². The molecule has 8 atom stereocenters. The van der Waals surface area contributed by atoms with Gasteiger partial charge in [0.05, 0.1) is 0 Å². The minimum Gasteiger partial charge on any atom is -0.0628 e. The Morgan fingerprint density at radius 2 is 1.40 bits per heavy atom.